The zero-order chi connectivity index (χ0) is 21.6. The van der Waals surface area contributed by atoms with Crippen LogP contribution in [0, 0.1) is 12.3 Å². The SMILES string of the molecule is Cc1cccc(NC(=O)C23CCC(C)(c4nc5cc6c(cc5nc42)OCO6)C3(C)C)n1. The minimum absolute atomic E-state index is 0.0625. The van der Waals surface area contributed by atoms with Crippen LogP contribution in [0.25, 0.3) is 11.0 Å². The number of carbonyl (C=O) groups excluding carboxylic acids is 1. The average molecular weight is 416 g/mol. The smallest absolute Gasteiger partial charge is 0.238 e. The van der Waals surface area contributed by atoms with Crippen molar-refractivity contribution in [3.05, 3.63) is 47.4 Å². The van der Waals surface area contributed by atoms with Crippen LogP contribution in [0.5, 0.6) is 11.5 Å². The second-order valence-electron chi connectivity index (χ2n) is 9.60. The van der Waals surface area contributed by atoms with E-state index in [9.17, 15) is 4.79 Å². The molecule has 2 aliphatic carbocycles. The third-order valence-electron chi connectivity index (χ3n) is 8.05. The first-order valence-electron chi connectivity index (χ1n) is 10.6. The summed E-state index contributed by atoms with van der Waals surface area (Å²) in [5.74, 6) is 1.85. The van der Waals surface area contributed by atoms with Gasteiger partial charge in [-0.05, 0) is 37.3 Å². The van der Waals surface area contributed by atoms with Crippen LogP contribution in [0.15, 0.2) is 30.3 Å². The summed E-state index contributed by atoms with van der Waals surface area (Å²) in [4.78, 5) is 28.4. The first-order chi connectivity index (χ1) is 14.8. The van der Waals surface area contributed by atoms with E-state index in [1.54, 1.807) is 0 Å². The molecule has 2 aromatic heterocycles. The Balaban J connectivity index is 1.54. The van der Waals surface area contributed by atoms with E-state index in [4.69, 9.17) is 19.4 Å². The Kier molecular flexibility index (Phi) is 3.42. The van der Waals surface area contributed by atoms with E-state index in [-0.39, 0.29) is 23.5 Å². The number of anilines is 1. The zero-order valence-corrected chi connectivity index (χ0v) is 18.1. The average Bonchev–Trinajstić information content (AvgIpc) is 3.30. The zero-order valence-electron chi connectivity index (χ0n) is 18.1. The molecule has 0 radical (unpaired) electrons. The van der Waals surface area contributed by atoms with E-state index in [1.165, 1.54) is 0 Å². The predicted octanol–water partition coefficient (Wildman–Crippen LogP) is 4.03. The first kappa shape index (κ1) is 18.5. The molecule has 3 aromatic rings. The quantitative estimate of drug-likeness (QED) is 0.679. The monoisotopic (exact) mass is 416 g/mol. The number of nitrogens with zero attached hydrogens (tertiary/aromatic N) is 3. The summed E-state index contributed by atoms with van der Waals surface area (Å²) >= 11 is 0. The van der Waals surface area contributed by atoms with Gasteiger partial charge in [-0.3, -0.25) is 4.79 Å². The lowest BCUT2D eigenvalue weighted by Crippen LogP contribution is -2.48. The van der Waals surface area contributed by atoms with Gasteiger partial charge in [-0.15, -0.1) is 0 Å². The summed E-state index contributed by atoms with van der Waals surface area (Å²) in [5, 5.41) is 3.08. The summed E-state index contributed by atoms with van der Waals surface area (Å²) in [6, 6.07) is 9.39. The number of aromatic nitrogens is 3. The molecular weight excluding hydrogens is 392 g/mol. The lowest BCUT2D eigenvalue weighted by Gasteiger charge is -2.39. The third-order valence-corrected chi connectivity index (χ3v) is 8.05. The summed E-state index contributed by atoms with van der Waals surface area (Å²) < 4.78 is 11.1. The highest BCUT2D eigenvalue weighted by Crippen LogP contribution is 2.70. The molecule has 1 aliphatic heterocycles. The Labute approximate surface area is 180 Å². The van der Waals surface area contributed by atoms with Gasteiger partial charge in [-0.2, -0.15) is 0 Å². The third kappa shape index (κ3) is 2.13. The van der Waals surface area contributed by atoms with Crippen molar-refractivity contribution in [1.82, 2.24) is 15.0 Å². The molecule has 3 heterocycles. The topological polar surface area (TPSA) is 86.2 Å². The molecular formula is C24H24N4O3. The minimum Gasteiger partial charge on any atom is -0.454 e. The number of ether oxygens (including phenoxy) is 2. The molecule has 1 amide bonds. The number of hydrogen-bond acceptors (Lipinski definition) is 6. The summed E-state index contributed by atoms with van der Waals surface area (Å²) in [7, 11) is 0. The largest absolute Gasteiger partial charge is 0.454 e. The van der Waals surface area contributed by atoms with Crippen LogP contribution >= 0.6 is 0 Å². The van der Waals surface area contributed by atoms with Crippen LogP contribution in [0.1, 0.15) is 50.7 Å². The van der Waals surface area contributed by atoms with E-state index < -0.39 is 5.41 Å². The number of benzene rings is 1. The van der Waals surface area contributed by atoms with Gasteiger partial charge in [0.05, 0.1) is 27.8 Å². The summed E-state index contributed by atoms with van der Waals surface area (Å²) in [6.45, 7) is 8.67. The van der Waals surface area contributed by atoms with Crippen molar-refractivity contribution in [3.63, 3.8) is 0 Å². The maximum Gasteiger partial charge on any atom is 0.238 e. The lowest BCUT2D eigenvalue weighted by molar-refractivity contribution is -0.125. The molecule has 1 aromatic carbocycles. The Morgan fingerprint density at radius 2 is 1.65 bits per heavy atom. The van der Waals surface area contributed by atoms with Crippen LogP contribution < -0.4 is 14.8 Å². The van der Waals surface area contributed by atoms with Gasteiger partial charge in [0.25, 0.3) is 0 Å². The van der Waals surface area contributed by atoms with Crippen molar-refractivity contribution >= 4 is 22.8 Å². The maximum atomic E-state index is 13.9. The second-order valence-corrected chi connectivity index (χ2v) is 9.60. The Hall–Kier alpha value is -3.22. The summed E-state index contributed by atoms with van der Waals surface area (Å²) in [5.41, 5.74) is 2.66. The fraction of sp³-hybridized carbons (Fsp3) is 0.417. The predicted molar refractivity (Wildman–Crippen MR) is 115 cm³/mol. The molecule has 0 saturated heterocycles. The molecule has 6 rings (SSSR count). The van der Waals surface area contributed by atoms with Crippen LogP contribution in [-0.2, 0) is 15.6 Å². The van der Waals surface area contributed by atoms with E-state index in [0.29, 0.717) is 17.3 Å². The molecule has 2 bridgehead atoms. The number of rotatable bonds is 2. The van der Waals surface area contributed by atoms with Gasteiger partial charge < -0.3 is 14.8 Å². The maximum absolute atomic E-state index is 13.9. The molecule has 2 unspecified atom stereocenters. The number of pyridine rings is 1. The standard InChI is InChI=1S/C24H24N4O3/c1-13-6-5-7-18(25-13)28-21(29)24-9-8-23(4,22(24,2)3)19-20(24)27-15-11-17-16(30-12-31-17)10-14(15)26-19/h5-7,10-11H,8-9,12H2,1-4H3,(H,25,28,29). The fourth-order valence-electron chi connectivity index (χ4n) is 5.83. The highest BCUT2D eigenvalue weighted by atomic mass is 16.7. The number of carbonyl (C=O) groups is 1. The van der Waals surface area contributed by atoms with E-state index in [0.717, 1.165) is 41.0 Å². The minimum atomic E-state index is -0.778. The van der Waals surface area contributed by atoms with E-state index in [1.807, 2.05) is 37.3 Å². The molecule has 31 heavy (non-hydrogen) atoms. The van der Waals surface area contributed by atoms with Gasteiger partial charge in [-0.1, -0.05) is 26.8 Å². The van der Waals surface area contributed by atoms with Crippen molar-refractivity contribution in [2.24, 2.45) is 5.41 Å². The molecule has 1 fully saturated rings. The Morgan fingerprint density at radius 1 is 0.968 bits per heavy atom. The molecule has 0 spiro atoms. The van der Waals surface area contributed by atoms with Gasteiger partial charge in [0, 0.05) is 23.2 Å². The number of nitrogens with one attached hydrogen (secondary N) is 1. The first-order valence-corrected chi connectivity index (χ1v) is 10.6. The number of hydrogen-bond donors (Lipinski definition) is 1. The van der Waals surface area contributed by atoms with Crippen molar-refractivity contribution in [2.45, 2.75) is 51.4 Å². The second kappa shape index (κ2) is 5.72. The molecule has 1 saturated carbocycles. The molecule has 7 nitrogen and oxygen atoms in total. The van der Waals surface area contributed by atoms with Gasteiger partial charge in [0.15, 0.2) is 11.5 Å². The van der Waals surface area contributed by atoms with Crippen molar-refractivity contribution in [2.75, 3.05) is 12.1 Å². The van der Waals surface area contributed by atoms with Crippen molar-refractivity contribution in [3.8, 4) is 11.5 Å². The van der Waals surface area contributed by atoms with Gasteiger partial charge in [0.1, 0.15) is 5.82 Å². The van der Waals surface area contributed by atoms with E-state index >= 15 is 0 Å². The molecule has 7 heteroatoms. The molecule has 2 atom stereocenters. The molecule has 3 aliphatic rings. The van der Waals surface area contributed by atoms with Gasteiger partial charge >= 0.3 is 0 Å². The van der Waals surface area contributed by atoms with Gasteiger partial charge in [-0.25, -0.2) is 15.0 Å². The Bertz CT molecular complexity index is 1290. The lowest BCUT2D eigenvalue weighted by atomic mass is 9.63. The van der Waals surface area contributed by atoms with Crippen LogP contribution in [0.4, 0.5) is 5.82 Å². The van der Waals surface area contributed by atoms with Crippen LogP contribution in [0.3, 0.4) is 0 Å². The van der Waals surface area contributed by atoms with Crippen LogP contribution in [-0.4, -0.2) is 27.7 Å². The summed E-state index contributed by atoms with van der Waals surface area (Å²) in [6.07, 6.45) is 1.61. The number of fused-ring (bicyclic) bond motifs is 7. The van der Waals surface area contributed by atoms with Crippen molar-refractivity contribution in [1.29, 1.82) is 0 Å². The van der Waals surface area contributed by atoms with Crippen molar-refractivity contribution < 1.29 is 14.3 Å². The highest BCUT2D eigenvalue weighted by Gasteiger charge is 2.73. The Morgan fingerprint density at radius 3 is 2.32 bits per heavy atom. The highest BCUT2D eigenvalue weighted by molar-refractivity contribution is 6.01. The van der Waals surface area contributed by atoms with E-state index in [2.05, 4.69) is 31.1 Å². The molecule has 158 valence electrons. The van der Waals surface area contributed by atoms with Gasteiger partial charge in [0.2, 0.25) is 12.7 Å². The number of aryl methyl sites for hydroxylation is 1. The normalized spacial score (nSPS) is 26.8. The van der Waals surface area contributed by atoms with Crippen LogP contribution in [0.2, 0.25) is 0 Å². The molecule has 1 N–H and O–H groups in total. The number of amides is 1. The fourth-order valence-corrected chi connectivity index (χ4v) is 5.83.